The van der Waals surface area contributed by atoms with Crippen LogP contribution in [0.15, 0.2) is 23.1 Å². The van der Waals surface area contributed by atoms with Gasteiger partial charge >= 0.3 is 0 Å². The minimum Gasteiger partial charge on any atom is -0.352 e. The van der Waals surface area contributed by atoms with Gasteiger partial charge in [-0.2, -0.15) is 0 Å². The van der Waals surface area contributed by atoms with Crippen molar-refractivity contribution >= 4 is 15.9 Å². The third kappa shape index (κ3) is 3.41. The molecule has 1 heterocycles. The van der Waals surface area contributed by atoms with Gasteiger partial charge in [0.15, 0.2) is 0 Å². The number of carbonyl (C=O) groups excluding carboxylic acids is 1. The molecule has 0 radical (unpaired) electrons. The van der Waals surface area contributed by atoms with E-state index < -0.39 is 10.0 Å². The summed E-state index contributed by atoms with van der Waals surface area (Å²) in [4.78, 5) is 12.1. The predicted molar refractivity (Wildman–Crippen MR) is 87.6 cm³/mol. The van der Waals surface area contributed by atoms with Crippen molar-refractivity contribution in [1.29, 1.82) is 0 Å². The van der Waals surface area contributed by atoms with Gasteiger partial charge < -0.3 is 11.1 Å². The van der Waals surface area contributed by atoms with Crippen molar-refractivity contribution in [1.82, 2.24) is 10.0 Å². The van der Waals surface area contributed by atoms with E-state index in [2.05, 4.69) is 10.0 Å². The molecule has 0 spiro atoms. The molecule has 23 heavy (non-hydrogen) atoms. The summed E-state index contributed by atoms with van der Waals surface area (Å²) in [6.07, 6.45) is 4.60. The zero-order valence-electron chi connectivity index (χ0n) is 13.0. The summed E-state index contributed by atoms with van der Waals surface area (Å²) in [6, 6.07) is 4.68. The van der Waals surface area contributed by atoms with Crippen LogP contribution in [0.2, 0.25) is 0 Å². The topological polar surface area (TPSA) is 101 Å². The second-order valence-electron chi connectivity index (χ2n) is 6.33. The van der Waals surface area contributed by atoms with Crippen molar-refractivity contribution in [3.8, 4) is 0 Å². The molecule has 0 bridgehead atoms. The number of benzene rings is 1. The Labute approximate surface area is 136 Å². The summed E-state index contributed by atoms with van der Waals surface area (Å²) in [5.74, 6) is -0.0275. The number of amides is 1. The second kappa shape index (κ2) is 6.59. The summed E-state index contributed by atoms with van der Waals surface area (Å²) in [5, 5.41) is 2.74. The maximum atomic E-state index is 12.7. The van der Waals surface area contributed by atoms with Crippen LogP contribution in [0.5, 0.6) is 0 Å². The van der Waals surface area contributed by atoms with E-state index in [0.29, 0.717) is 18.7 Å². The molecule has 1 amide bonds. The van der Waals surface area contributed by atoms with Crippen molar-refractivity contribution in [3.63, 3.8) is 0 Å². The summed E-state index contributed by atoms with van der Waals surface area (Å²) in [6.45, 7) is 1.08. The first-order chi connectivity index (χ1) is 11.0. The van der Waals surface area contributed by atoms with Crippen molar-refractivity contribution in [2.45, 2.75) is 43.0 Å². The molecule has 7 heteroatoms. The summed E-state index contributed by atoms with van der Waals surface area (Å²) in [5.41, 5.74) is 7.12. The van der Waals surface area contributed by atoms with Crippen molar-refractivity contribution in [2.75, 3.05) is 13.1 Å². The smallest absolute Gasteiger partial charge is 0.251 e. The highest BCUT2D eigenvalue weighted by atomic mass is 32.2. The fourth-order valence-electron chi connectivity index (χ4n) is 3.47. The number of nitrogens with one attached hydrogen (secondary N) is 2. The van der Waals surface area contributed by atoms with Gasteiger partial charge in [-0.25, -0.2) is 13.1 Å². The summed E-state index contributed by atoms with van der Waals surface area (Å²) < 4.78 is 28.1. The molecule has 1 aliphatic carbocycles. The number of hydrogen-bond donors (Lipinski definition) is 3. The predicted octanol–water partition coefficient (Wildman–Crippen LogP) is 0.768. The number of fused-ring (bicyclic) bond motifs is 1. The maximum absolute atomic E-state index is 12.7. The number of sulfonamides is 1. The van der Waals surface area contributed by atoms with Gasteiger partial charge in [0.2, 0.25) is 10.0 Å². The van der Waals surface area contributed by atoms with Crippen LogP contribution in [0.25, 0.3) is 0 Å². The van der Waals surface area contributed by atoms with Gasteiger partial charge in [0.25, 0.3) is 5.91 Å². The molecular formula is C16H23N3O3S. The molecule has 1 saturated carbocycles. The molecule has 6 nitrogen and oxygen atoms in total. The maximum Gasteiger partial charge on any atom is 0.251 e. The Morgan fingerprint density at radius 1 is 1.26 bits per heavy atom. The van der Waals surface area contributed by atoms with Gasteiger partial charge in [-0.05, 0) is 49.4 Å². The SMILES string of the molecule is NC[C@H]1CCCC[C@@H]1NS(=O)(=O)c1ccc2c(c1)C(=O)NCC2. The zero-order chi connectivity index (χ0) is 16.4. The lowest BCUT2D eigenvalue weighted by molar-refractivity contribution is 0.0945. The van der Waals surface area contributed by atoms with Crippen LogP contribution in [0.4, 0.5) is 0 Å². The van der Waals surface area contributed by atoms with Gasteiger partial charge in [-0.1, -0.05) is 18.9 Å². The van der Waals surface area contributed by atoms with Crippen molar-refractivity contribution < 1.29 is 13.2 Å². The van der Waals surface area contributed by atoms with Crippen molar-refractivity contribution in [3.05, 3.63) is 29.3 Å². The quantitative estimate of drug-likeness (QED) is 0.755. The Morgan fingerprint density at radius 2 is 2.04 bits per heavy atom. The largest absolute Gasteiger partial charge is 0.352 e. The van der Waals surface area contributed by atoms with E-state index >= 15 is 0 Å². The highest BCUT2D eigenvalue weighted by Crippen LogP contribution is 2.26. The van der Waals surface area contributed by atoms with Gasteiger partial charge in [0.05, 0.1) is 4.90 Å². The highest BCUT2D eigenvalue weighted by Gasteiger charge is 2.29. The van der Waals surface area contributed by atoms with Crippen molar-refractivity contribution in [2.24, 2.45) is 11.7 Å². The first kappa shape index (κ1) is 16.4. The molecule has 2 aliphatic rings. The highest BCUT2D eigenvalue weighted by molar-refractivity contribution is 7.89. The average molecular weight is 337 g/mol. The van der Waals surface area contributed by atoms with E-state index in [-0.39, 0.29) is 22.8 Å². The first-order valence-corrected chi connectivity index (χ1v) is 9.63. The normalized spacial score (nSPS) is 24.8. The van der Waals surface area contributed by atoms with Crippen LogP contribution < -0.4 is 15.8 Å². The third-order valence-corrected chi connectivity index (χ3v) is 6.32. The van der Waals surface area contributed by atoms with E-state index in [1.807, 2.05) is 0 Å². The molecule has 1 aliphatic heterocycles. The van der Waals surface area contributed by atoms with E-state index in [0.717, 1.165) is 37.7 Å². The van der Waals surface area contributed by atoms with Crippen LogP contribution in [-0.2, 0) is 16.4 Å². The Balaban J connectivity index is 1.85. The van der Waals surface area contributed by atoms with Crippen LogP contribution in [-0.4, -0.2) is 33.5 Å². The molecule has 3 rings (SSSR count). The standard InChI is InChI=1S/C16H23N3O3S/c17-10-12-3-1-2-4-15(12)19-23(21,22)13-6-5-11-7-8-18-16(20)14(11)9-13/h5-6,9,12,15,19H,1-4,7-8,10,17H2,(H,18,20)/t12-,15+/m1/s1. The van der Waals surface area contributed by atoms with Crippen LogP contribution in [0, 0.1) is 5.92 Å². The van der Waals surface area contributed by atoms with E-state index in [4.69, 9.17) is 5.73 Å². The monoisotopic (exact) mass is 337 g/mol. The number of carbonyl (C=O) groups is 1. The molecule has 1 aromatic rings. The average Bonchev–Trinajstić information content (AvgIpc) is 2.55. The minimum absolute atomic E-state index is 0.122. The first-order valence-electron chi connectivity index (χ1n) is 8.15. The fourth-order valence-corrected chi connectivity index (χ4v) is 4.84. The molecule has 1 aromatic carbocycles. The third-order valence-electron chi connectivity index (χ3n) is 4.83. The van der Waals surface area contributed by atoms with Crippen LogP contribution in [0.1, 0.15) is 41.6 Å². The molecule has 1 fully saturated rings. The number of rotatable bonds is 4. The fraction of sp³-hybridized carbons (Fsp3) is 0.562. The molecule has 0 unspecified atom stereocenters. The lowest BCUT2D eigenvalue weighted by atomic mass is 9.85. The summed E-state index contributed by atoms with van der Waals surface area (Å²) >= 11 is 0. The Hall–Kier alpha value is -1.44. The molecule has 4 N–H and O–H groups in total. The van der Waals surface area contributed by atoms with E-state index in [9.17, 15) is 13.2 Å². The van der Waals surface area contributed by atoms with Crippen LogP contribution in [0.3, 0.4) is 0 Å². The lowest BCUT2D eigenvalue weighted by Crippen LogP contribution is -2.44. The molecule has 2 atom stereocenters. The van der Waals surface area contributed by atoms with Gasteiger partial charge in [-0.15, -0.1) is 0 Å². The lowest BCUT2D eigenvalue weighted by Gasteiger charge is -2.31. The van der Waals surface area contributed by atoms with Gasteiger partial charge in [0, 0.05) is 18.2 Å². The van der Waals surface area contributed by atoms with Crippen LogP contribution >= 0.6 is 0 Å². The van der Waals surface area contributed by atoms with Gasteiger partial charge in [-0.3, -0.25) is 4.79 Å². The van der Waals surface area contributed by atoms with E-state index in [1.165, 1.54) is 6.07 Å². The Morgan fingerprint density at radius 3 is 2.83 bits per heavy atom. The zero-order valence-corrected chi connectivity index (χ0v) is 13.9. The van der Waals surface area contributed by atoms with E-state index in [1.54, 1.807) is 12.1 Å². The molecule has 126 valence electrons. The molecule has 0 saturated heterocycles. The number of nitrogens with two attached hydrogens (primary N) is 1. The van der Waals surface area contributed by atoms with Gasteiger partial charge in [0.1, 0.15) is 0 Å². The Kier molecular flexibility index (Phi) is 4.70. The summed E-state index contributed by atoms with van der Waals surface area (Å²) in [7, 11) is -3.65. The number of hydrogen-bond acceptors (Lipinski definition) is 4. The molecular weight excluding hydrogens is 314 g/mol. The molecule has 0 aromatic heterocycles. The second-order valence-corrected chi connectivity index (χ2v) is 8.05. The minimum atomic E-state index is -3.65. The Bertz CT molecular complexity index is 703.